The van der Waals surface area contributed by atoms with Gasteiger partial charge in [-0.05, 0) is 88.3 Å². The summed E-state index contributed by atoms with van der Waals surface area (Å²) in [4.78, 5) is 5.01. The lowest BCUT2D eigenvalue weighted by atomic mass is 10.1. The maximum Gasteiger partial charge on any atom is 0.135 e. The third-order valence-corrected chi connectivity index (χ3v) is 6.66. The van der Waals surface area contributed by atoms with Gasteiger partial charge in [-0.25, -0.2) is 0 Å². The number of halogens is 1. The molecule has 0 saturated carbocycles. The van der Waals surface area contributed by atoms with Crippen LogP contribution in [0.4, 0.5) is 0 Å². The van der Waals surface area contributed by atoms with Gasteiger partial charge in [-0.15, -0.1) is 12.4 Å². The lowest BCUT2D eigenvalue weighted by Gasteiger charge is -2.26. The van der Waals surface area contributed by atoms with Gasteiger partial charge in [-0.3, -0.25) is 9.80 Å². The molecule has 0 amide bonds. The Bertz CT molecular complexity index is 915. The molecular weight excluding hydrogens is 424 g/mol. The zero-order valence-corrected chi connectivity index (χ0v) is 19.7. The highest BCUT2D eigenvalue weighted by Crippen LogP contribution is 2.33. The van der Waals surface area contributed by atoms with Crippen molar-refractivity contribution < 1.29 is 13.9 Å². The molecule has 5 rings (SSSR count). The van der Waals surface area contributed by atoms with Crippen molar-refractivity contribution in [3.63, 3.8) is 0 Å². The van der Waals surface area contributed by atoms with Crippen LogP contribution < -0.4 is 9.47 Å². The van der Waals surface area contributed by atoms with Crippen molar-refractivity contribution in [2.24, 2.45) is 0 Å². The molecule has 3 aromatic rings. The van der Waals surface area contributed by atoms with Crippen LogP contribution in [0.3, 0.4) is 0 Å². The van der Waals surface area contributed by atoms with Crippen molar-refractivity contribution in [2.45, 2.75) is 38.5 Å². The normalized spacial score (nSPS) is 18.0. The number of piperidine rings is 2. The molecule has 0 atom stereocenters. The summed E-state index contributed by atoms with van der Waals surface area (Å²) >= 11 is 0. The Hall–Kier alpha value is -1.95. The quantitative estimate of drug-likeness (QED) is 0.430. The standard InChI is InChI=1S/C26H34N2O3.ClH/c1-3-11-27(12-4-1)15-17-29-21-7-9-25-23(19-21)24-20-22(8-10-26(24)31-25)30-18-16-28-13-5-2-6-14-28;/h7-10,19-20H,1-6,11-18H2;1H. The van der Waals surface area contributed by atoms with Crippen LogP contribution in [0.25, 0.3) is 21.9 Å². The summed E-state index contributed by atoms with van der Waals surface area (Å²) in [5.41, 5.74) is 1.78. The molecule has 174 valence electrons. The molecule has 2 fully saturated rings. The third kappa shape index (κ3) is 5.69. The Morgan fingerprint density at radius 2 is 1.06 bits per heavy atom. The first-order valence-electron chi connectivity index (χ1n) is 12.0. The van der Waals surface area contributed by atoms with Crippen molar-refractivity contribution in [3.05, 3.63) is 36.4 Å². The molecule has 2 aliphatic rings. The number of rotatable bonds is 8. The molecule has 32 heavy (non-hydrogen) atoms. The molecule has 0 radical (unpaired) electrons. The first-order valence-corrected chi connectivity index (χ1v) is 12.0. The van der Waals surface area contributed by atoms with E-state index in [2.05, 4.69) is 21.9 Å². The number of nitrogens with zero attached hydrogens (tertiary/aromatic N) is 2. The largest absolute Gasteiger partial charge is 0.492 e. The fourth-order valence-corrected chi connectivity index (χ4v) is 4.87. The van der Waals surface area contributed by atoms with Gasteiger partial charge in [0.1, 0.15) is 35.9 Å². The second-order valence-corrected chi connectivity index (χ2v) is 8.92. The molecule has 2 aromatic carbocycles. The minimum absolute atomic E-state index is 0. The molecule has 2 saturated heterocycles. The number of hydrogen-bond acceptors (Lipinski definition) is 5. The second kappa shape index (κ2) is 11.3. The van der Waals surface area contributed by atoms with Gasteiger partial charge in [0.15, 0.2) is 0 Å². The zero-order valence-electron chi connectivity index (χ0n) is 18.9. The average Bonchev–Trinajstić information content (AvgIpc) is 3.18. The van der Waals surface area contributed by atoms with Crippen LogP contribution in [0, 0.1) is 0 Å². The van der Waals surface area contributed by atoms with Crippen LogP contribution in [-0.2, 0) is 0 Å². The van der Waals surface area contributed by atoms with Gasteiger partial charge in [0.25, 0.3) is 0 Å². The Labute approximate surface area is 197 Å². The van der Waals surface area contributed by atoms with Crippen LogP contribution in [-0.4, -0.2) is 62.3 Å². The molecule has 0 N–H and O–H groups in total. The first-order chi connectivity index (χ1) is 15.3. The highest BCUT2D eigenvalue weighted by atomic mass is 35.5. The summed E-state index contributed by atoms with van der Waals surface area (Å²) in [7, 11) is 0. The molecule has 0 unspecified atom stereocenters. The number of benzene rings is 2. The third-order valence-electron chi connectivity index (χ3n) is 6.66. The SMILES string of the molecule is Cl.c1cc2oc3ccc(OCCN4CCCCC4)cc3c2cc1OCCN1CCCCC1. The van der Waals surface area contributed by atoms with E-state index < -0.39 is 0 Å². The van der Waals surface area contributed by atoms with E-state index in [-0.39, 0.29) is 12.4 Å². The van der Waals surface area contributed by atoms with Gasteiger partial charge in [0.05, 0.1) is 0 Å². The van der Waals surface area contributed by atoms with Crippen LogP contribution in [0.5, 0.6) is 11.5 Å². The van der Waals surface area contributed by atoms with Crippen molar-refractivity contribution in [1.29, 1.82) is 0 Å². The Balaban J connectivity index is 0.00000245. The predicted octanol–water partition coefficient (Wildman–Crippen LogP) is 5.74. The Morgan fingerprint density at radius 1 is 0.625 bits per heavy atom. The van der Waals surface area contributed by atoms with E-state index in [9.17, 15) is 0 Å². The van der Waals surface area contributed by atoms with Crippen LogP contribution in [0.15, 0.2) is 40.8 Å². The fourth-order valence-electron chi connectivity index (χ4n) is 4.87. The molecule has 0 bridgehead atoms. The Kier molecular flexibility index (Phi) is 8.17. The zero-order chi connectivity index (χ0) is 20.9. The van der Waals surface area contributed by atoms with E-state index >= 15 is 0 Å². The topological polar surface area (TPSA) is 38.1 Å². The van der Waals surface area contributed by atoms with Gasteiger partial charge in [-0.2, -0.15) is 0 Å². The van der Waals surface area contributed by atoms with Gasteiger partial charge < -0.3 is 13.9 Å². The summed E-state index contributed by atoms with van der Waals surface area (Å²) < 4.78 is 18.2. The van der Waals surface area contributed by atoms with Crippen molar-refractivity contribution in [2.75, 3.05) is 52.5 Å². The Morgan fingerprint density at radius 3 is 1.50 bits per heavy atom. The van der Waals surface area contributed by atoms with Crippen LogP contribution in [0.1, 0.15) is 38.5 Å². The minimum atomic E-state index is 0. The smallest absolute Gasteiger partial charge is 0.135 e. The molecule has 1 aromatic heterocycles. The molecule has 2 aliphatic heterocycles. The predicted molar refractivity (Wildman–Crippen MR) is 133 cm³/mol. The van der Waals surface area contributed by atoms with Gasteiger partial charge in [-0.1, -0.05) is 12.8 Å². The number of fused-ring (bicyclic) bond motifs is 3. The van der Waals surface area contributed by atoms with E-state index in [4.69, 9.17) is 13.9 Å². The maximum absolute atomic E-state index is 6.08. The van der Waals surface area contributed by atoms with Crippen molar-refractivity contribution in [1.82, 2.24) is 9.80 Å². The molecule has 0 spiro atoms. The number of ether oxygens (including phenoxy) is 2. The number of furan rings is 1. The summed E-state index contributed by atoms with van der Waals surface area (Å²) in [6, 6.07) is 12.3. The molecule has 6 heteroatoms. The van der Waals surface area contributed by atoms with Gasteiger partial charge >= 0.3 is 0 Å². The van der Waals surface area contributed by atoms with E-state index in [1.54, 1.807) is 0 Å². The molecular formula is C26H35ClN2O3. The molecule has 5 nitrogen and oxygen atoms in total. The fraction of sp³-hybridized carbons (Fsp3) is 0.538. The lowest BCUT2D eigenvalue weighted by molar-refractivity contribution is 0.183. The molecule has 3 heterocycles. The van der Waals surface area contributed by atoms with Crippen LogP contribution in [0.2, 0.25) is 0 Å². The molecule has 0 aliphatic carbocycles. The maximum atomic E-state index is 6.08. The summed E-state index contributed by atoms with van der Waals surface area (Å²) in [6.07, 6.45) is 7.99. The summed E-state index contributed by atoms with van der Waals surface area (Å²) in [5, 5.41) is 2.18. The average molecular weight is 459 g/mol. The highest BCUT2D eigenvalue weighted by Gasteiger charge is 2.13. The highest BCUT2D eigenvalue weighted by molar-refractivity contribution is 6.05. The second-order valence-electron chi connectivity index (χ2n) is 8.92. The first kappa shape index (κ1) is 23.2. The number of likely N-dealkylation sites (tertiary alicyclic amines) is 2. The van der Waals surface area contributed by atoms with E-state index in [1.165, 1.54) is 64.7 Å². The van der Waals surface area contributed by atoms with E-state index in [1.807, 2.05) is 24.3 Å². The summed E-state index contributed by atoms with van der Waals surface area (Å²) in [6.45, 7) is 8.27. The van der Waals surface area contributed by atoms with Gasteiger partial charge in [0, 0.05) is 23.9 Å². The minimum Gasteiger partial charge on any atom is -0.492 e. The summed E-state index contributed by atoms with van der Waals surface area (Å²) in [5.74, 6) is 1.81. The van der Waals surface area contributed by atoms with Crippen LogP contribution >= 0.6 is 12.4 Å². The lowest BCUT2D eigenvalue weighted by Crippen LogP contribution is -2.33. The van der Waals surface area contributed by atoms with Crippen molar-refractivity contribution in [3.8, 4) is 11.5 Å². The van der Waals surface area contributed by atoms with E-state index in [0.29, 0.717) is 0 Å². The van der Waals surface area contributed by atoms with Gasteiger partial charge in [0.2, 0.25) is 0 Å². The van der Waals surface area contributed by atoms with Crippen molar-refractivity contribution >= 4 is 34.3 Å². The number of hydrogen-bond donors (Lipinski definition) is 0. The van der Waals surface area contributed by atoms with E-state index in [0.717, 1.165) is 59.7 Å². The monoisotopic (exact) mass is 458 g/mol.